The molecule has 10 aliphatic heterocycles. The molecule has 10 fully saturated rings. The predicted molar refractivity (Wildman–Crippen MR) is 75.9 cm³/mol. The molecule has 1 heteroatoms. The molecule has 0 N–H and O–H groups in total. The molecule has 0 aliphatic carbocycles. The summed E-state index contributed by atoms with van der Waals surface area (Å²) in [5.41, 5.74) is 2.23. The number of fused-ring (bicyclic) bond motifs is 10. The molecular formula is C19H20Fe. The minimum absolute atomic E-state index is 0.531. The van der Waals surface area contributed by atoms with Gasteiger partial charge in [0.2, 0.25) is 0 Å². The Morgan fingerprint density at radius 1 is 0.800 bits per heavy atom. The van der Waals surface area contributed by atoms with Crippen LogP contribution in [0.5, 0.6) is 0 Å². The fourth-order valence-corrected chi connectivity index (χ4v) is 95.6. The summed E-state index contributed by atoms with van der Waals surface area (Å²) in [4.78, 5) is 13.1. The van der Waals surface area contributed by atoms with Gasteiger partial charge in [-0.1, -0.05) is 0 Å². The summed E-state index contributed by atoms with van der Waals surface area (Å²) in [6.07, 6.45) is 0. The summed E-state index contributed by atoms with van der Waals surface area (Å²) >= 11 is 0. The first-order valence-electron chi connectivity index (χ1n) is 8.67. The van der Waals surface area contributed by atoms with E-state index in [0.29, 0.717) is 5.41 Å². The van der Waals surface area contributed by atoms with Crippen molar-refractivity contribution in [1.29, 1.82) is 0 Å². The van der Waals surface area contributed by atoms with Crippen molar-refractivity contribution in [2.75, 3.05) is 0 Å². The van der Waals surface area contributed by atoms with Crippen LogP contribution >= 0.6 is 0 Å². The molecule has 0 nitrogen and oxygen atoms in total. The molecule has 0 bridgehead atoms. The van der Waals surface area contributed by atoms with E-state index in [9.17, 15) is 0 Å². The van der Waals surface area contributed by atoms with Crippen LogP contribution in [-0.2, 0) is 11.9 Å². The predicted octanol–water partition coefficient (Wildman–Crippen LogP) is 5.72. The van der Waals surface area contributed by atoms with Gasteiger partial charge in [0.05, 0.1) is 0 Å². The third kappa shape index (κ3) is 0.0894. The van der Waals surface area contributed by atoms with Gasteiger partial charge in [0.1, 0.15) is 0 Å². The molecule has 0 saturated carbocycles. The zero-order valence-corrected chi connectivity index (χ0v) is 13.0. The zero-order chi connectivity index (χ0) is 12.6. The summed E-state index contributed by atoms with van der Waals surface area (Å²) in [6.45, 7) is 2.44. The third-order valence-corrected chi connectivity index (χ3v) is 59.9. The minimum atomic E-state index is -2.93. The van der Waals surface area contributed by atoms with Crippen LogP contribution in [0.1, 0.15) is 19.4 Å². The van der Waals surface area contributed by atoms with Gasteiger partial charge in [0, 0.05) is 0 Å². The van der Waals surface area contributed by atoms with Crippen LogP contribution in [0.2, 0.25) is 47.7 Å². The first-order valence-corrected chi connectivity index (χ1v) is 15.0. The molecule has 0 aromatic heterocycles. The Morgan fingerprint density at radius 2 is 1.30 bits per heavy atom. The molecule has 104 valence electrons. The van der Waals surface area contributed by atoms with E-state index in [1.54, 1.807) is 5.56 Å². The molecule has 1 aromatic rings. The number of benzene rings is 1. The van der Waals surface area contributed by atoms with Crippen LogP contribution in [0.25, 0.3) is 0 Å². The molecule has 10 aliphatic rings. The van der Waals surface area contributed by atoms with Crippen molar-refractivity contribution in [3.63, 3.8) is 0 Å². The number of rotatable bonds is 2. The van der Waals surface area contributed by atoms with Gasteiger partial charge in [-0.3, -0.25) is 0 Å². The van der Waals surface area contributed by atoms with E-state index in [1.165, 1.54) is 43.3 Å². The van der Waals surface area contributed by atoms with Gasteiger partial charge in [-0.25, -0.2) is 0 Å². The fourth-order valence-electron chi connectivity index (χ4n) is 19.0. The molecule has 10 saturated heterocycles. The normalized spacial score (nSPS) is 104. The maximum atomic E-state index is 2.68. The Kier molecular flexibility index (Phi) is 0.275. The molecule has 11 rings (SSSR count). The van der Waals surface area contributed by atoms with E-state index in [0.717, 1.165) is 4.31 Å². The van der Waals surface area contributed by atoms with Crippen LogP contribution in [0.4, 0.5) is 0 Å². The van der Waals surface area contributed by atoms with Gasteiger partial charge in [0.15, 0.2) is 0 Å². The zero-order valence-electron chi connectivity index (χ0n) is 11.9. The Morgan fingerprint density at radius 3 is 1.65 bits per heavy atom. The van der Waals surface area contributed by atoms with Crippen LogP contribution in [0.15, 0.2) is 30.3 Å². The van der Waals surface area contributed by atoms with Crippen molar-refractivity contribution in [1.82, 2.24) is 0 Å². The molecule has 4 unspecified atom stereocenters. The van der Waals surface area contributed by atoms with E-state index in [1.807, 2.05) is 0 Å². The van der Waals surface area contributed by atoms with E-state index in [4.69, 9.17) is 0 Å². The number of hydrogen-bond donors (Lipinski definition) is 0. The SMILES string of the molecule is CC(C)(c1ccccc1)[C]12[CH]3[CH]4[CH]5[CH]1[Fe]45321678[CH]2[CH]1[CH]6[CH]7[CH]28. The van der Waals surface area contributed by atoms with Crippen molar-refractivity contribution in [3.05, 3.63) is 35.9 Å². The van der Waals surface area contributed by atoms with Crippen molar-refractivity contribution in [2.24, 2.45) is 0 Å². The van der Waals surface area contributed by atoms with Gasteiger partial charge in [-0.2, -0.15) is 0 Å². The van der Waals surface area contributed by atoms with Crippen molar-refractivity contribution in [3.8, 4) is 0 Å². The van der Waals surface area contributed by atoms with Gasteiger partial charge in [0.25, 0.3) is 0 Å². The second-order valence-electron chi connectivity index (χ2n) is 12.7. The quantitative estimate of drug-likeness (QED) is 0.613. The van der Waals surface area contributed by atoms with Crippen LogP contribution in [-0.4, -0.2) is 0 Å². The van der Waals surface area contributed by atoms with E-state index < -0.39 is 6.51 Å². The van der Waals surface area contributed by atoms with E-state index >= 15 is 0 Å². The second-order valence-corrected chi connectivity index (χ2v) is 36.2. The second kappa shape index (κ2) is 0.701. The number of hydrogen-bond acceptors (Lipinski definition) is 0. The Bertz CT molecular complexity index is 1110. The first kappa shape index (κ1) is 7.84. The van der Waals surface area contributed by atoms with Crippen molar-refractivity contribution < 1.29 is 6.51 Å². The topological polar surface area (TPSA) is 0 Å². The summed E-state index contributed by atoms with van der Waals surface area (Å²) < 4.78 is 0.993. The van der Waals surface area contributed by atoms with Crippen molar-refractivity contribution in [2.45, 2.75) is 66.9 Å². The first-order chi connectivity index (χ1) is 9.40. The average Bonchev–Trinajstić information content (AvgIpc) is 3.39. The Balaban J connectivity index is 1.44. The average molecular weight is 304 g/mol. The standard InChI is InChI=1S/C14H15.C5H5.Fe/c1-14(2,13-10-6-7-11-13)12-8-4-3-5-9-12;1-2-4-5-3-1;/h3-11H,1-2H3;1-5H;. The molecule has 10 heterocycles. The monoisotopic (exact) mass is 304 g/mol. The fraction of sp³-hybridized carbons (Fsp3) is 0.684. The maximum absolute atomic E-state index is 2.93. The van der Waals surface area contributed by atoms with Crippen LogP contribution in [0, 0.1) is 0 Å². The van der Waals surface area contributed by atoms with Crippen LogP contribution in [0.3, 0.4) is 0 Å². The van der Waals surface area contributed by atoms with Gasteiger partial charge >= 0.3 is 109 Å². The third-order valence-electron chi connectivity index (χ3n) is 17.1. The van der Waals surface area contributed by atoms with Crippen molar-refractivity contribution >= 4 is 0 Å². The van der Waals surface area contributed by atoms with Gasteiger partial charge < -0.3 is 0 Å². The molecular weight excluding hydrogens is 284 g/mol. The molecule has 1 aromatic carbocycles. The Labute approximate surface area is 109 Å². The summed E-state index contributed by atoms with van der Waals surface area (Å²) in [7, 11) is 0. The summed E-state index contributed by atoms with van der Waals surface area (Å²) in [6, 6.07) is 11.7. The molecule has 20 heavy (non-hydrogen) atoms. The molecule has 1 spiro atoms. The van der Waals surface area contributed by atoms with Gasteiger partial charge in [-0.15, -0.1) is 0 Å². The molecule has 4 atom stereocenters. The summed E-state index contributed by atoms with van der Waals surface area (Å²) in [5, 5.41) is 0. The molecule has 0 radical (unpaired) electrons. The van der Waals surface area contributed by atoms with E-state index in [-0.39, 0.29) is 0 Å². The molecule has 0 amide bonds. The van der Waals surface area contributed by atoms with Gasteiger partial charge in [-0.05, 0) is 0 Å². The van der Waals surface area contributed by atoms with E-state index in [2.05, 4.69) is 44.2 Å². The van der Waals surface area contributed by atoms with Crippen LogP contribution < -0.4 is 0 Å². The summed E-state index contributed by atoms with van der Waals surface area (Å²) in [5.74, 6) is 0. The Hall–Kier alpha value is -0.261.